The number of nitrogens with one attached hydrogen (secondary N) is 1. The average Bonchev–Trinajstić information content (AvgIpc) is 3.08. The Kier molecular flexibility index (Phi) is 5.88. The van der Waals surface area contributed by atoms with Crippen LogP contribution in [0.3, 0.4) is 0 Å². The Morgan fingerprint density at radius 3 is 2.68 bits per heavy atom. The molecule has 1 aliphatic carbocycles. The molecule has 6 nitrogen and oxygen atoms in total. The predicted molar refractivity (Wildman–Crippen MR) is 112 cm³/mol. The number of ether oxygens (including phenoxy) is 1. The van der Waals surface area contributed by atoms with Crippen molar-refractivity contribution in [3.63, 3.8) is 0 Å². The maximum atomic E-state index is 12.9. The number of fused-ring (bicyclic) bond motifs is 1. The van der Waals surface area contributed by atoms with Crippen LogP contribution in [0, 0.1) is 18.3 Å². The number of aromatic nitrogens is 4. The van der Waals surface area contributed by atoms with E-state index in [9.17, 15) is 13.2 Å². The minimum Gasteiger partial charge on any atom is -0.474 e. The number of hydrogen-bond acceptors (Lipinski definition) is 5. The van der Waals surface area contributed by atoms with Crippen LogP contribution < -0.4 is 4.74 Å². The largest absolute Gasteiger partial charge is 0.474 e. The lowest BCUT2D eigenvalue weighted by Crippen LogP contribution is -2.32. The molecule has 1 fully saturated rings. The summed E-state index contributed by atoms with van der Waals surface area (Å²) in [6.45, 7) is 2.10. The third-order valence-electron chi connectivity index (χ3n) is 5.55. The van der Waals surface area contributed by atoms with E-state index >= 15 is 0 Å². The molecule has 1 aliphatic rings. The first-order valence-corrected chi connectivity index (χ1v) is 10.4. The highest BCUT2D eigenvalue weighted by Crippen LogP contribution is 2.39. The molecule has 0 atom stereocenters. The van der Waals surface area contributed by atoms with Crippen molar-refractivity contribution in [3.05, 3.63) is 35.5 Å². The van der Waals surface area contributed by atoms with Crippen LogP contribution in [-0.4, -0.2) is 38.0 Å². The standard InChI is InChI=1S/C21H21ClF3N5O/c1-12-28-16(15-11-30(9-7-26)17-6-8-27-20(22)19(15)17)10-18(29-12)31-14-4-2-13(3-5-14)21(23,24)25/h6-8,10-11,13-14,26H,2-5,9H2,1H3. The van der Waals surface area contributed by atoms with Crippen molar-refractivity contribution in [1.29, 1.82) is 5.41 Å². The van der Waals surface area contributed by atoms with Crippen LogP contribution in [0.5, 0.6) is 5.88 Å². The molecule has 0 bridgehead atoms. The number of halogens is 4. The van der Waals surface area contributed by atoms with Crippen LogP contribution in [0.1, 0.15) is 31.5 Å². The third-order valence-corrected chi connectivity index (χ3v) is 5.84. The molecule has 0 aliphatic heterocycles. The first-order valence-electron chi connectivity index (χ1n) is 9.98. The maximum absolute atomic E-state index is 12.9. The van der Waals surface area contributed by atoms with Crippen molar-refractivity contribution in [2.75, 3.05) is 0 Å². The molecule has 164 valence electrons. The molecule has 0 spiro atoms. The van der Waals surface area contributed by atoms with Gasteiger partial charge in [0.2, 0.25) is 5.88 Å². The van der Waals surface area contributed by atoms with Crippen molar-refractivity contribution in [2.24, 2.45) is 5.92 Å². The van der Waals surface area contributed by atoms with E-state index in [2.05, 4.69) is 15.0 Å². The molecule has 1 N–H and O–H groups in total. The lowest BCUT2D eigenvalue weighted by atomic mass is 9.87. The van der Waals surface area contributed by atoms with Crippen LogP contribution in [0.25, 0.3) is 22.2 Å². The smallest absolute Gasteiger partial charge is 0.391 e. The summed E-state index contributed by atoms with van der Waals surface area (Å²) < 4.78 is 46.6. The summed E-state index contributed by atoms with van der Waals surface area (Å²) in [4.78, 5) is 13.0. The lowest BCUT2D eigenvalue weighted by Gasteiger charge is -2.29. The number of rotatable bonds is 5. The Labute approximate surface area is 181 Å². The van der Waals surface area contributed by atoms with Gasteiger partial charge >= 0.3 is 6.18 Å². The van der Waals surface area contributed by atoms with Gasteiger partial charge in [0, 0.05) is 35.6 Å². The number of aryl methyl sites for hydroxylation is 1. The van der Waals surface area contributed by atoms with E-state index in [0.717, 1.165) is 11.1 Å². The van der Waals surface area contributed by atoms with Crippen molar-refractivity contribution in [3.8, 4) is 17.1 Å². The Balaban J connectivity index is 1.63. The molecular weight excluding hydrogens is 431 g/mol. The van der Waals surface area contributed by atoms with E-state index in [1.165, 1.54) is 6.21 Å². The molecule has 3 aromatic rings. The van der Waals surface area contributed by atoms with Gasteiger partial charge in [0.1, 0.15) is 17.1 Å². The summed E-state index contributed by atoms with van der Waals surface area (Å²) in [6, 6.07) is 3.49. The van der Waals surface area contributed by atoms with Gasteiger partial charge in [0.15, 0.2) is 0 Å². The van der Waals surface area contributed by atoms with Crippen LogP contribution in [0.2, 0.25) is 5.15 Å². The first-order chi connectivity index (χ1) is 14.8. The molecule has 0 unspecified atom stereocenters. The van der Waals surface area contributed by atoms with Crippen LogP contribution in [0.15, 0.2) is 24.5 Å². The number of hydrogen-bond donors (Lipinski definition) is 1. The minimum absolute atomic E-state index is 0.0590. The Hall–Kier alpha value is -2.68. The van der Waals surface area contributed by atoms with Crippen molar-refractivity contribution < 1.29 is 17.9 Å². The van der Waals surface area contributed by atoms with E-state index < -0.39 is 12.1 Å². The fourth-order valence-electron chi connectivity index (χ4n) is 4.07. The van der Waals surface area contributed by atoms with Gasteiger partial charge in [-0.05, 0) is 38.7 Å². The van der Waals surface area contributed by atoms with E-state index in [0.29, 0.717) is 47.3 Å². The van der Waals surface area contributed by atoms with E-state index in [4.69, 9.17) is 21.7 Å². The molecular formula is C21H21ClF3N5O. The van der Waals surface area contributed by atoms with Crippen LogP contribution in [0.4, 0.5) is 13.2 Å². The summed E-state index contributed by atoms with van der Waals surface area (Å²) in [7, 11) is 0. The molecule has 10 heteroatoms. The Bertz CT molecular complexity index is 1110. The summed E-state index contributed by atoms with van der Waals surface area (Å²) in [5, 5.41) is 8.47. The summed E-state index contributed by atoms with van der Waals surface area (Å²) in [5.41, 5.74) is 2.13. The fourth-order valence-corrected chi connectivity index (χ4v) is 4.32. The van der Waals surface area contributed by atoms with Gasteiger partial charge in [-0.3, -0.25) is 0 Å². The third kappa shape index (κ3) is 4.51. The van der Waals surface area contributed by atoms with Gasteiger partial charge in [-0.1, -0.05) is 11.6 Å². The molecule has 0 saturated heterocycles. The number of alkyl halides is 3. The van der Waals surface area contributed by atoms with E-state index in [-0.39, 0.29) is 18.9 Å². The molecule has 0 aromatic carbocycles. The van der Waals surface area contributed by atoms with E-state index in [1.807, 2.05) is 16.8 Å². The summed E-state index contributed by atoms with van der Waals surface area (Å²) >= 11 is 6.36. The second kappa shape index (κ2) is 8.45. The second-order valence-electron chi connectivity index (χ2n) is 7.67. The summed E-state index contributed by atoms with van der Waals surface area (Å²) in [5.74, 6) is -0.458. The van der Waals surface area contributed by atoms with Gasteiger partial charge in [0.05, 0.1) is 23.7 Å². The monoisotopic (exact) mass is 451 g/mol. The highest BCUT2D eigenvalue weighted by molar-refractivity contribution is 6.35. The Morgan fingerprint density at radius 2 is 2.00 bits per heavy atom. The topological polar surface area (TPSA) is 76.7 Å². The minimum atomic E-state index is -4.15. The zero-order valence-corrected chi connectivity index (χ0v) is 17.5. The molecule has 3 aromatic heterocycles. The number of pyridine rings is 1. The second-order valence-corrected chi connectivity index (χ2v) is 8.02. The molecule has 1 saturated carbocycles. The highest BCUT2D eigenvalue weighted by Gasteiger charge is 2.41. The van der Waals surface area contributed by atoms with E-state index in [1.54, 1.807) is 19.2 Å². The summed E-state index contributed by atoms with van der Waals surface area (Å²) in [6.07, 6.45) is 1.05. The predicted octanol–water partition coefficient (Wildman–Crippen LogP) is 5.60. The Morgan fingerprint density at radius 1 is 1.26 bits per heavy atom. The first kappa shape index (κ1) is 21.5. The molecule has 31 heavy (non-hydrogen) atoms. The lowest BCUT2D eigenvalue weighted by molar-refractivity contribution is -0.185. The molecule has 3 heterocycles. The van der Waals surface area contributed by atoms with Crippen LogP contribution >= 0.6 is 11.6 Å². The van der Waals surface area contributed by atoms with Crippen molar-refractivity contribution in [1.82, 2.24) is 19.5 Å². The van der Waals surface area contributed by atoms with Crippen molar-refractivity contribution >= 4 is 28.7 Å². The SMILES string of the molecule is Cc1nc(OC2CCC(C(F)(F)F)CC2)cc(-c2cn(CC=N)c3ccnc(Cl)c23)n1. The highest BCUT2D eigenvalue weighted by atomic mass is 35.5. The van der Waals surface area contributed by atoms with Gasteiger partial charge < -0.3 is 14.7 Å². The number of nitrogens with zero attached hydrogens (tertiary/aromatic N) is 4. The molecule has 0 radical (unpaired) electrons. The van der Waals surface area contributed by atoms with Gasteiger partial charge in [-0.15, -0.1) is 0 Å². The van der Waals surface area contributed by atoms with Gasteiger partial charge in [0.25, 0.3) is 0 Å². The van der Waals surface area contributed by atoms with Crippen LogP contribution in [-0.2, 0) is 6.54 Å². The van der Waals surface area contributed by atoms with Gasteiger partial charge in [-0.25, -0.2) is 9.97 Å². The maximum Gasteiger partial charge on any atom is 0.391 e. The molecule has 0 amide bonds. The average molecular weight is 452 g/mol. The normalized spacial score (nSPS) is 19.5. The fraction of sp³-hybridized carbons (Fsp3) is 0.429. The quantitative estimate of drug-likeness (QED) is 0.404. The van der Waals surface area contributed by atoms with Crippen molar-refractivity contribution in [2.45, 2.75) is 51.4 Å². The zero-order chi connectivity index (χ0) is 22.2. The molecule has 4 rings (SSSR count). The zero-order valence-electron chi connectivity index (χ0n) is 16.8. The van der Waals surface area contributed by atoms with Gasteiger partial charge in [-0.2, -0.15) is 18.2 Å².